The number of hydrogen-bond acceptors (Lipinski definition) is 2. The van der Waals surface area contributed by atoms with Gasteiger partial charge in [0.25, 0.3) is 0 Å². The van der Waals surface area contributed by atoms with Gasteiger partial charge in [-0.1, -0.05) is 23.8 Å². The Labute approximate surface area is 77.6 Å². The highest BCUT2D eigenvalue weighted by atomic mass is 16.1. The molecule has 1 aromatic carbocycles. The normalized spacial score (nSPS) is 9.69. The van der Waals surface area contributed by atoms with Crippen LogP contribution in [0.15, 0.2) is 18.2 Å². The number of carbonyl (C=O) groups is 2. The van der Waals surface area contributed by atoms with Crippen LogP contribution in [0.1, 0.15) is 28.4 Å². The largest absolute Gasteiger partial charge is 0.300 e. The standard InChI is InChI=1S/C11H12O2/c1-8-3-4-10(7-12)11(5-8)6-9(2)13/h3-5,7H,6H2,1-2H3. The van der Waals surface area contributed by atoms with Crippen LogP contribution in [-0.2, 0) is 11.2 Å². The van der Waals surface area contributed by atoms with Crippen molar-refractivity contribution >= 4 is 12.1 Å². The minimum absolute atomic E-state index is 0.0775. The maximum Gasteiger partial charge on any atom is 0.150 e. The summed E-state index contributed by atoms with van der Waals surface area (Å²) in [7, 11) is 0. The van der Waals surface area contributed by atoms with E-state index >= 15 is 0 Å². The van der Waals surface area contributed by atoms with E-state index in [1.54, 1.807) is 6.07 Å². The molecule has 1 aromatic rings. The van der Waals surface area contributed by atoms with E-state index in [9.17, 15) is 9.59 Å². The van der Waals surface area contributed by atoms with Crippen molar-refractivity contribution in [1.82, 2.24) is 0 Å². The van der Waals surface area contributed by atoms with Crippen LogP contribution in [-0.4, -0.2) is 12.1 Å². The minimum Gasteiger partial charge on any atom is -0.300 e. The van der Waals surface area contributed by atoms with Gasteiger partial charge in [0, 0.05) is 12.0 Å². The summed E-state index contributed by atoms with van der Waals surface area (Å²) in [6.45, 7) is 3.47. The van der Waals surface area contributed by atoms with E-state index < -0.39 is 0 Å². The fourth-order valence-corrected chi connectivity index (χ4v) is 1.27. The lowest BCUT2D eigenvalue weighted by atomic mass is 10.0. The first-order valence-electron chi connectivity index (χ1n) is 4.17. The van der Waals surface area contributed by atoms with Gasteiger partial charge in [-0.3, -0.25) is 9.59 Å². The van der Waals surface area contributed by atoms with Gasteiger partial charge in [0.05, 0.1) is 0 Å². The lowest BCUT2D eigenvalue weighted by molar-refractivity contribution is -0.116. The fraction of sp³-hybridized carbons (Fsp3) is 0.273. The molecular formula is C11H12O2. The molecule has 1 rings (SSSR count). The van der Waals surface area contributed by atoms with E-state index in [0.717, 1.165) is 17.4 Å². The van der Waals surface area contributed by atoms with Crippen LogP contribution >= 0.6 is 0 Å². The van der Waals surface area contributed by atoms with Crippen LogP contribution in [0.2, 0.25) is 0 Å². The first kappa shape index (κ1) is 9.65. The molecule has 13 heavy (non-hydrogen) atoms. The molecule has 0 N–H and O–H groups in total. The molecule has 0 aliphatic heterocycles. The molecule has 68 valence electrons. The average molecular weight is 176 g/mol. The number of hydrogen-bond donors (Lipinski definition) is 0. The Kier molecular flexibility index (Phi) is 2.96. The van der Waals surface area contributed by atoms with E-state index in [2.05, 4.69) is 0 Å². The Morgan fingerprint density at radius 3 is 2.69 bits per heavy atom. The minimum atomic E-state index is 0.0775. The van der Waals surface area contributed by atoms with Crippen LogP contribution in [0.4, 0.5) is 0 Å². The monoisotopic (exact) mass is 176 g/mol. The van der Waals surface area contributed by atoms with E-state index in [1.165, 1.54) is 6.92 Å². The highest BCUT2D eigenvalue weighted by Crippen LogP contribution is 2.10. The number of Topliss-reactive ketones (excluding diaryl/α,β-unsaturated/α-hetero) is 1. The summed E-state index contributed by atoms with van der Waals surface area (Å²) in [5.74, 6) is 0.0775. The van der Waals surface area contributed by atoms with Crippen molar-refractivity contribution in [3.05, 3.63) is 34.9 Å². The zero-order chi connectivity index (χ0) is 9.84. The summed E-state index contributed by atoms with van der Waals surface area (Å²) < 4.78 is 0. The van der Waals surface area contributed by atoms with Gasteiger partial charge in [-0.25, -0.2) is 0 Å². The molecule has 0 unspecified atom stereocenters. The SMILES string of the molecule is CC(=O)Cc1cc(C)ccc1C=O. The lowest BCUT2D eigenvalue weighted by Gasteiger charge is -2.03. The zero-order valence-electron chi connectivity index (χ0n) is 7.83. The first-order valence-corrected chi connectivity index (χ1v) is 4.17. The summed E-state index contributed by atoms with van der Waals surface area (Å²) in [6.07, 6.45) is 1.13. The number of benzene rings is 1. The zero-order valence-corrected chi connectivity index (χ0v) is 7.83. The molecule has 0 amide bonds. The van der Waals surface area contributed by atoms with E-state index in [4.69, 9.17) is 0 Å². The molecule has 2 heteroatoms. The summed E-state index contributed by atoms with van der Waals surface area (Å²) in [5.41, 5.74) is 2.50. The van der Waals surface area contributed by atoms with Crippen molar-refractivity contribution in [3.8, 4) is 0 Å². The maximum atomic E-state index is 10.9. The predicted molar refractivity (Wildman–Crippen MR) is 51.0 cm³/mol. The Balaban J connectivity index is 3.07. The third kappa shape index (κ3) is 2.51. The summed E-state index contributed by atoms with van der Waals surface area (Å²) in [6, 6.07) is 5.50. The van der Waals surface area contributed by atoms with Crippen molar-refractivity contribution in [3.63, 3.8) is 0 Å². The number of ketones is 1. The summed E-state index contributed by atoms with van der Waals surface area (Å²) >= 11 is 0. The highest BCUT2D eigenvalue weighted by Gasteiger charge is 2.03. The molecule has 0 atom stereocenters. The van der Waals surface area contributed by atoms with Gasteiger partial charge >= 0.3 is 0 Å². The molecule has 0 saturated heterocycles. The summed E-state index contributed by atoms with van der Waals surface area (Å²) in [5, 5.41) is 0. The number of aryl methyl sites for hydroxylation is 1. The lowest BCUT2D eigenvalue weighted by Crippen LogP contribution is -2.00. The first-order chi connectivity index (χ1) is 6.13. The van der Waals surface area contributed by atoms with Crippen LogP contribution in [0, 0.1) is 6.92 Å². The van der Waals surface area contributed by atoms with Gasteiger partial charge in [0.1, 0.15) is 12.1 Å². The Morgan fingerprint density at radius 2 is 2.15 bits per heavy atom. The molecule has 0 bridgehead atoms. The van der Waals surface area contributed by atoms with E-state index in [1.807, 2.05) is 19.1 Å². The molecule has 0 aliphatic rings. The molecule has 0 heterocycles. The fourth-order valence-electron chi connectivity index (χ4n) is 1.27. The predicted octanol–water partition coefficient (Wildman–Crippen LogP) is 1.94. The second kappa shape index (κ2) is 3.99. The van der Waals surface area contributed by atoms with Gasteiger partial charge < -0.3 is 0 Å². The van der Waals surface area contributed by atoms with Crippen molar-refractivity contribution in [2.75, 3.05) is 0 Å². The molecule has 0 fully saturated rings. The van der Waals surface area contributed by atoms with Crippen LogP contribution < -0.4 is 0 Å². The summed E-state index contributed by atoms with van der Waals surface area (Å²) in [4.78, 5) is 21.5. The van der Waals surface area contributed by atoms with Crippen molar-refractivity contribution in [1.29, 1.82) is 0 Å². The molecule has 0 aliphatic carbocycles. The number of rotatable bonds is 3. The molecule has 0 spiro atoms. The van der Waals surface area contributed by atoms with Crippen LogP contribution in [0.25, 0.3) is 0 Å². The van der Waals surface area contributed by atoms with E-state index in [0.29, 0.717) is 12.0 Å². The smallest absolute Gasteiger partial charge is 0.150 e. The van der Waals surface area contributed by atoms with Crippen molar-refractivity contribution < 1.29 is 9.59 Å². The second-order valence-corrected chi connectivity index (χ2v) is 3.20. The molecule has 0 aromatic heterocycles. The quantitative estimate of drug-likeness (QED) is 0.659. The van der Waals surface area contributed by atoms with Crippen molar-refractivity contribution in [2.24, 2.45) is 0 Å². The maximum absolute atomic E-state index is 10.9. The molecular weight excluding hydrogens is 164 g/mol. The number of aldehydes is 1. The second-order valence-electron chi connectivity index (χ2n) is 3.20. The van der Waals surface area contributed by atoms with Gasteiger partial charge in [0.15, 0.2) is 0 Å². The Hall–Kier alpha value is -1.44. The topological polar surface area (TPSA) is 34.1 Å². The van der Waals surface area contributed by atoms with Crippen LogP contribution in [0.3, 0.4) is 0 Å². The van der Waals surface area contributed by atoms with Gasteiger partial charge in [-0.2, -0.15) is 0 Å². The highest BCUT2D eigenvalue weighted by molar-refractivity contribution is 5.84. The van der Waals surface area contributed by atoms with E-state index in [-0.39, 0.29) is 5.78 Å². The Morgan fingerprint density at radius 1 is 1.46 bits per heavy atom. The van der Waals surface area contributed by atoms with Gasteiger partial charge in [-0.05, 0) is 19.4 Å². The van der Waals surface area contributed by atoms with Crippen molar-refractivity contribution in [2.45, 2.75) is 20.3 Å². The van der Waals surface area contributed by atoms with Gasteiger partial charge in [0.2, 0.25) is 0 Å². The number of carbonyl (C=O) groups excluding carboxylic acids is 2. The third-order valence-electron chi connectivity index (χ3n) is 1.86. The molecule has 0 saturated carbocycles. The molecule has 0 radical (unpaired) electrons. The van der Waals surface area contributed by atoms with Crippen LogP contribution in [0.5, 0.6) is 0 Å². The average Bonchev–Trinajstić information content (AvgIpc) is 2.03. The Bertz CT molecular complexity index is 340. The third-order valence-corrected chi connectivity index (χ3v) is 1.86. The van der Waals surface area contributed by atoms with Gasteiger partial charge in [-0.15, -0.1) is 0 Å². The molecule has 2 nitrogen and oxygen atoms in total.